The molecule has 0 radical (unpaired) electrons. The molecule has 1 aromatic heterocycles. The van der Waals surface area contributed by atoms with Crippen LogP contribution in [0.3, 0.4) is 0 Å². The van der Waals surface area contributed by atoms with Crippen molar-refractivity contribution >= 4 is 11.9 Å². The molecule has 98 valence electrons. The Balaban J connectivity index is 2.21. The molecule has 2 rings (SSSR count). The maximum atomic E-state index is 12.1. The molecule has 0 aliphatic heterocycles. The zero-order chi connectivity index (χ0) is 13.8. The van der Waals surface area contributed by atoms with Crippen molar-refractivity contribution in [3.63, 3.8) is 0 Å². The fraction of sp³-hybridized carbons (Fsp3) is 0.200. The van der Waals surface area contributed by atoms with E-state index in [0.29, 0.717) is 11.3 Å². The Kier molecular flexibility index (Phi) is 3.80. The summed E-state index contributed by atoms with van der Waals surface area (Å²) >= 11 is 0. The van der Waals surface area contributed by atoms with Crippen molar-refractivity contribution in [3.8, 4) is 5.75 Å². The van der Waals surface area contributed by atoms with E-state index in [2.05, 4.69) is 5.10 Å². The smallest absolute Gasteiger partial charge is 0.189 e. The topological polar surface area (TPSA) is 44.1 Å². The van der Waals surface area contributed by atoms with Crippen molar-refractivity contribution in [2.45, 2.75) is 6.92 Å². The second kappa shape index (κ2) is 5.52. The average molecular weight is 256 g/mol. The second-order valence-corrected chi connectivity index (χ2v) is 4.23. The molecule has 0 aliphatic carbocycles. The minimum absolute atomic E-state index is 0.0965. The molecule has 2 aromatic rings. The number of aromatic nitrogens is 2. The molecular weight excluding hydrogens is 240 g/mol. The highest BCUT2D eigenvalue weighted by Crippen LogP contribution is 2.18. The molecule has 0 amide bonds. The maximum absolute atomic E-state index is 12.1. The molecule has 4 heteroatoms. The predicted molar refractivity (Wildman–Crippen MR) is 74.3 cm³/mol. The second-order valence-electron chi connectivity index (χ2n) is 4.23. The summed E-state index contributed by atoms with van der Waals surface area (Å²) in [4.78, 5) is 12.1. The minimum atomic E-state index is -0.0965. The van der Waals surface area contributed by atoms with Crippen LogP contribution < -0.4 is 4.74 Å². The Morgan fingerprint density at radius 2 is 2.11 bits per heavy atom. The number of carbonyl (C=O) groups excluding carboxylic acids is 1. The Hall–Kier alpha value is -2.36. The van der Waals surface area contributed by atoms with E-state index in [1.165, 1.54) is 6.08 Å². The lowest BCUT2D eigenvalue weighted by Gasteiger charge is -2.03. The first-order chi connectivity index (χ1) is 9.11. The minimum Gasteiger partial charge on any atom is -0.496 e. The highest BCUT2D eigenvalue weighted by molar-refractivity contribution is 6.08. The molecule has 0 N–H and O–H groups in total. The van der Waals surface area contributed by atoms with Gasteiger partial charge in [-0.15, -0.1) is 0 Å². The standard InChI is InChI=1S/C15H16N2O2/c1-11-10-12(16-17(11)2)8-9-14(18)13-6-4-5-7-15(13)19-3/h4-10H,1-3H3/b9-8+. The van der Waals surface area contributed by atoms with Gasteiger partial charge < -0.3 is 4.74 Å². The van der Waals surface area contributed by atoms with Crippen LogP contribution in [0.1, 0.15) is 21.7 Å². The summed E-state index contributed by atoms with van der Waals surface area (Å²) in [7, 11) is 3.42. The molecule has 0 aliphatic rings. The average Bonchev–Trinajstić information content (AvgIpc) is 2.75. The number of para-hydroxylation sites is 1. The van der Waals surface area contributed by atoms with Gasteiger partial charge in [0.15, 0.2) is 5.78 Å². The number of rotatable bonds is 4. The van der Waals surface area contributed by atoms with Gasteiger partial charge in [-0.25, -0.2) is 0 Å². The third kappa shape index (κ3) is 2.91. The van der Waals surface area contributed by atoms with E-state index in [0.717, 1.165) is 11.4 Å². The number of allylic oxidation sites excluding steroid dienone is 1. The number of hydrogen-bond donors (Lipinski definition) is 0. The van der Waals surface area contributed by atoms with Gasteiger partial charge in [0, 0.05) is 12.7 Å². The molecule has 19 heavy (non-hydrogen) atoms. The zero-order valence-electron chi connectivity index (χ0n) is 11.3. The third-order valence-electron chi connectivity index (χ3n) is 2.91. The lowest BCUT2D eigenvalue weighted by molar-refractivity contribution is 0.104. The molecule has 0 saturated carbocycles. The van der Waals surface area contributed by atoms with Gasteiger partial charge in [0.05, 0.1) is 18.4 Å². The van der Waals surface area contributed by atoms with Crippen LogP contribution in [0.25, 0.3) is 6.08 Å². The van der Waals surface area contributed by atoms with Crippen LogP contribution in [0.5, 0.6) is 5.75 Å². The summed E-state index contributed by atoms with van der Waals surface area (Å²) in [6.07, 6.45) is 3.22. The van der Waals surface area contributed by atoms with Crippen molar-refractivity contribution in [3.05, 3.63) is 53.4 Å². The summed E-state index contributed by atoms with van der Waals surface area (Å²) in [5, 5.41) is 4.26. The maximum Gasteiger partial charge on any atom is 0.189 e. The first-order valence-corrected chi connectivity index (χ1v) is 5.98. The summed E-state index contributed by atoms with van der Waals surface area (Å²) in [5.41, 5.74) is 2.36. The molecule has 0 bridgehead atoms. The van der Waals surface area contributed by atoms with Gasteiger partial charge in [-0.1, -0.05) is 12.1 Å². The quantitative estimate of drug-likeness (QED) is 0.624. The van der Waals surface area contributed by atoms with Gasteiger partial charge in [0.1, 0.15) is 5.75 Å². The lowest BCUT2D eigenvalue weighted by atomic mass is 10.1. The number of nitrogens with zero attached hydrogens (tertiary/aromatic N) is 2. The SMILES string of the molecule is COc1ccccc1C(=O)/C=C/c1cc(C)n(C)n1. The molecule has 0 unspecified atom stereocenters. The number of hydrogen-bond acceptors (Lipinski definition) is 3. The van der Waals surface area contributed by atoms with Crippen molar-refractivity contribution in [2.24, 2.45) is 7.05 Å². The number of ketones is 1. The van der Waals surface area contributed by atoms with E-state index < -0.39 is 0 Å². The fourth-order valence-electron chi connectivity index (χ4n) is 1.77. The Bertz CT molecular complexity index is 607. The van der Waals surface area contributed by atoms with Gasteiger partial charge in [-0.05, 0) is 37.3 Å². The normalized spacial score (nSPS) is 10.9. The molecular formula is C15H16N2O2. The Morgan fingerprint density at radius 1 is 1.37 bits per heavy atom. The van der Waals surface area contributed by atoms with E-state index in [1.807, 2.05) is 32.2 Å². The largest absolute Gasteiger partial charge is 0.496 e. The number of methoxy groups -OCH3 is 1. The van der Waals surface area contributed by atoms with Crippen LogP contribution in [-0.4, -0.2) is 22.7 Å². The van der Waals surface area contributed by atoms with Crippen LogP contribution in [0, 0.1) is 6.92 Å². The molecule has 0 atom stereocenters. The zero-order valence-corrected chi connectivity index (χ0v) is 11.3. The Labute approximate surface area is 112 Å². The van der Waals surface area contributed by atoms with Crippen LogP contribution in [0.4, 0.5) is 0 Å². The fourth-order valence-corrected chi connectivity index (χ4v) is 1.77. The first kappa shape index (κ1) is 13.1. The van der Waals surface area contributed by atoms with Crippen LogP contribution in [0.2, 0.25) is 0 Å². The molecule has 0 saturated heterocycles. The van der Waals surface area contributed by atoms with Crippen LogP contribution >= 0.6 is 0 Å². The van der Waals surface area contributed by atoms with Crippen LogP contribution in [-0.2, 0) is 7.05 Å². The highest BCUT2D eigenvalue weighted by atomic mass is 16.5. The van der Waals surface area contributed by atoms with E-state index in [-0.39, 0.29) is 5.78 Å². The van der Waals surface area contributed by atoms with Gasteiger partial charge in [0.2, 0.25) is 0 Å². The number of ether oxygens (including phenoxy) is 1. The van der Waals surface area contributed by atoms with Crippen molar-refractivity contribution in [1.29, 1.82) is 0 Å². The molecule has 1 aromatic carbocycles. The van der Waals surface area contributed by atoms with E-state index in [9.17, 15) is 4.79 Å². The molecule has 1 heterocycles. The monoisotopic (exact) mass is 256 g/mol. The summed E-state index contributed by atoms with van der Waals surface area (Å²) < 4.78 is 6.94. The van der Waals surface area contributed by atoms with Gasteiger partial charge >= 0.3 is 0 Å². The van der Waals surface area contributed by atoms with E-state index in [1.54, 1.807) is 30.0 Å². The number of benzene rings is 1. The number of aryl methyl sites for hydroxylation is 2. The van der Waals surface area contributed by atoms with Crippen molar-refractivity contribution in [2.75, 3.05) is 7.11 Å². The summed E-state index contributed by atoms with van der Waals surface area (Å²) in [6.45, 7) is 1.96. The third-order valence-corrected chi connectivity index (χ3v) is 2.91. The predicted octanol–water partition coefficient (Wildman–Crippen LogP) is 2.63. The van der Waals surface area contributed by atoms with Crippen molar-refractivity contribution in [1.82, 2.24) is 9.78 Å². The van der Waals surface area contributed by atoms with E-state index >= 15 is 0 Å². The summed E-state index contributed by atoms with van der Waals surface area (Å²) in [5.74, 6) is 0.482. The molecule has 4 nitrogen and oxygen atoms in total. The van der Waals surface area contributed by atoms with Gasteiger partial charge in [0.25, 0.3) is 0 Å². The Morgan fingerprint density at radius 3 is 2.74 bits per heavy atom. The van der Waals surface area contributed by atoms with Crippen molar-refractivity contribution < 1.29 is 9.53 Å². The number of carbonyl (C=O) groups is 1. The highest BCUT2D eigenvalue weighted by Gasteiger charge is 2.08. The first-order valence-electron chi connectivity index (χ1n) is 5.98. The van der Waals surface area contributed by atoms with Gasteiger partial charge in [-0.3, -0.25) is 9.48 Å². The van der Waals surface area contributed by atoms with Gasteiger partial charge in [-0.2, -0.15) is 5.10 Å². The van der Waals surface area contributed by atoms with E-state index in [4.69, 9.17) is 4.74 Å². The summed E-state index contributed by atoms with van der Waals surface area (Å²) in [6, 6.07) is 9.09. The molecule has 0 fully saturated rings. The van der Waals surface area contributed by atoms with Crippen LogP contribution in [0.15, 0.2) is 36.4 Å². The molecule has 0 spiro atoms. The lowest BCUT2D eigenvalue weighted by Crippen LogP contribution is -1.98.